The van der Waals surface area contributed by atoms with Gasteiger partial charge in [0.05, 0.1) is 0 Å². The SMILES string of the molecule is O=C(C1Cc2cccc(F)c2O1)N1CCCC1CCCO. The quantitative estimate of drug-likeness (QED) is 0.922. The molecule has 0 radical (unpaired) electrons. The van der Waals surface area contributed by atoms with E-state index in [2.05, 4.69) is 0 Å². The lowest BCUT2D eigenvalue weighted by molar-refractivity contribution is -0.139. The molecule has 0 aromatic heterocycles. The highest BCUT2D eigenvalue weighted by atomic mass is 19.1. The second-order valence-corrected chi connectivity index (χ2v) is 5.73. The lowest BCUT2D eigenvalue weighted by Gasteiger charge is -2.27. The standard InChI is InChI=1S/C16H20FNO3/c17-13-7-1-4-11-10-14(21-15(11)13)16(20)18-8-2-5-12(18)6-3-9-19/h1,4,7,12,14,19H,2-3,5-6,8-10H2. The van der Waals surface area contributed by atoms with Gasteiger partial charge in [0.15, 0.2) is 17.7 Å². The third-order valence-corrected chi connectivity index (χ3v) is 4.35. The maximum absolute atomic E-state index is 13.7. The van der Waals surface area contributed by atoms with Gasteiger partial charge in [-0.3, -0.25) is 4.79 Å². The van der Waals surface area contributed by atoms with Gasteiger partial charge in [-0.15, -0.1) is 0 Å². The first-order valence-electron chi connectivity index (χ1n) is 7.56. The first-order valence-corrected chi connectivity index (χ1v) is 7.56. The van der Waals surface area contributed by atoms with Crippen LogP contribution >= 0.6 is 0 Å². The van der Waals surface area contributed by atoms with Gasteiger partial charge in [0.1, 0.15) is 0 Å². The topological polar surface area (TPSA) is 49.8 Å². The largest absolute Gasteiger partial charge is 0.477 e. The third-order valence-electron chi connectivity index (χ3n) is 4.35. The second kappa shape index (κ2) is 6.02. The van der Waals surface area contributed by atoms with E-state index in [0.717, 1.165) is 31.4 Å². The van der Waals surface area contributed by atoms with Crippen LogP contribution < -0.4 is 4.74 Å². The van der Waals surface area contributed by atoms with Crippen molar-refractivity contribution in [1.82, 2.24) is 4.90 Å². The molecule has 1 aromatic carbocycles. The first-order chi connectivity index (χ1) is 10.2. The Hall–Kier alpha value is -1.62. The number of ether oxygens (including phenoxy) is 1. The number of amides is 1. The zero-order valence-corrected chi connectivity index (χ0v) is 11.9. The maximum atomic E-state index is 13.7. The Morgan fingerprint density at radius 1 is 1.48 bits per heavy atom. The highest BCUT2D eigenvalue weighted by molar-refractivity contribution is 5.83. The van der Waals surface area contributed by atoms with E-state index < -0.39 is 11.9 Å². The minimum absolute atomic E-state index is 0.0500. The van der Waals surface area contributed by atoms with Crippen molar-refractivity contribution in [3.05, 3.63) is 29.6 Å². The van der Waals surface area contributed by atoms with Crippen LogP contribution in [0.5, 0.6) is 5.75 Å². The van der Waals surface area contributed by atoms with Crippen LogP contribution in [0.4, 0.5) is 4.39 Å². The number of carbonyl (C=O) groups is 1. The number of hydrogen-bond acceptors (Lipinski definition) is 3. The van der Waals surface area contributed by atoms with Gasteiger partial charge < -0.3 is 14.7 Å². The van der Waals surface area contributed by atoms with Gasteiger partial charge in [0.2, 0.25) is 0 Å². The van der Waals surface area contributed by atoms with E-state index in [1.807, 2.05) is 4.90 Å². The molecule has 2 aliphatic rings. The van der Waals surface area contributed by atoms with Crippen LogP contribution in [0.3, 0.4) is 0 Å². The normalized spacial score (nSPS) is 24.0. The lowest BCUT2D eigenvalue weighted by atomic mass is 10.1. The van der Waals surface area contributed by atoms with Crippen LogP contribution in [0.15, 0.2) is 18.2 Å². The molecule has 1 amide bonds. The summed E-state index contributed by atoms with van der Waals surface area (Å²) in [7, 11) is 0. The fourth-order valence-corrected chi connectivity index (χ4v) is 3.31. The number of fused-ring (bicyclic) bond motifs is 1. The van der Waals surface area contributed by atoms with Gasteiger partial charge in [-0.1, -0.05) is 12.1 Å². The van der Waals surface area contributed by atoms with Crippen LogP contribution in [-0.4, -0.2) is 41.2 Å². The van der Waals surface area contributed by atoms with Crippen LogP contribution in [-0.2, 0) is 11.2 Å². The molecule has 114 valence electrons. The summed E-state index contributed by atoms with van der Waals surface area (Å²) < 4.78 is 19.2. The van der Waals surface area contributed by atoms with E-state index in [1.54, 1.807) is 12.1 Å². The van der Waals surface area contributed by atoms with E-state index in [-0.39, 0.29) is 24.3 Å². The molecule has 0 bridgehead atoms. The molecule has 2 atom stereocenters. The molecule has 1 aromatic rings. The average Bonchev–Trinajstić information content (AvgIpc) is 3.11. The molecular weight excluding hydrogens is 273 g/mol. The predicted octanol–water partition coefficient (Wildman–Crippen LogP) is 1.89. The van der Waals surface area contributed by atoms with Crippen LogP contribution in [0.1, 0.15) is 31.2 Å². The van der Waals surface area contributed by atoms with Crippen molar-refractivity contribution in [3.8, 4) is 5.75 Å². The third kappa shape index (κ3) is 2.75. The number of halogens is 1. The predicted molar refractivity (Wildman–Crippen MR) is 75.6 cm³/mol. The van der Waals surface area contributed by atoms with Crippen LogP contribution in [0.25, 0.3) is 0 Å². The first kappa shape index (κ1) is 14.3. The summed E-state index contributed by atoms with van der Waals surface area (Å²) in [6.07, 6.45) is 3.31. The molecule has 0 saturated carbocycles. The Bertz CT molecular complexity index is 534. The Labute approximate surface area is 123 Å². The molecule has 21 heavy (non-hydrogen) atoms. The van der Waals surface area contributed by atoms with Crippen molar-refractivity contribution in [2.75, 3.05) is 13.2 Å². The minimum Gasteiger partial charge on any atom is -0.477 e. The monoisotopic (exact) mass is 293 g/mol. The average molecular weight is 293 g/mol. The van der Waals surface area contributed by atoms with Crippen molar-refractivity contribution >= 4 is 5.91 Å². The molecule has 2 unspecified atom stereocenters. The van der Waals surface area contributed by atoms with E-state index in [0.29, 0.717) is 12.8 Å². The number of para-hydroxylation sites is 1. The van der Waals surface area contributed by atoms with Crippen LogP contribution in [0, 0.1) is 5.82 Å². The van der Waals surface area contributed by atoms with Gasteiger partial charge in [0.25, 0.3) is 5.91 Å². The molecule has 0 spiro atoms. The van der Waals surface area contributed by atoms with Gasteiger partial charge in [-0.05, 0) is 31.7 Å². The zero-order chi connectivity index (χ0) is 14.8. The number of benzene rings is 1. The lowest BCUT2D eigenvalue weighted by Crippen LogP contribution is -2.44. The number of rotatable bonds is 4. The smallest absolute Gasteiger partial charge is 0.264 e. The van der Waals surface area contributed by atoms with Crippen molar-refractivity contribution in [1.29, 1.82) is 0 Å². The number of carbonyl (C=O) groups excluding carboxylic acids is 1. The summed E-state index contributed by atoms with van der Waals surface area (Å²) in [5.74, 6) is -0.228. The number of likely N-dealkylation sites (tertiary alicyclic amines) is 1. The van der Waals surface area contributed by atoms with E-state index in [1.165, 1.54) is 6.07 Å². The molecule has 5 heteroatoms. The summed E-state index contributed by atoms with van der Waals surface area (Å²) in [5, 5.41) is 8.94. The van der Waals surface area contributed by atoms with Crippen molar-refractivity contribution < 1.29 is 19.0 Å². The Kier molecular flexibility index (Phi) is 4.10. The fraction of sp³-hybridized carbons (Fsp3) is 0.562. The minimum atomic E-state index is -0.605. The van der Waals surface area contributed by atoms with Gasteiger partial charge in [0, 0.05) is 31.2 Å². The highest BCUT2D eigenvalue weighted by Crippen LogP contribution is 2.33. The molecule has 2 aliphatic heterocycles. The molecule has 0 aliphatic carbocycles. The summed E-state index contributed by atoms with van der Waals surface area (Å²) >= 11 is 0. The molecule has 3 rings (SSSR count). The van der Waals surface area contributed by atoms with E-state index in [9.17, 15) is 9.18 Å². The van der Waals surface area contributed by atoms with E-state index >= 15 is 0 Å². The molecule has 1 N–H and O–H groups in total. The number of aliphatic hydroxyl groups excluding tert-OH is 1. The number of aliphatic hydroxyl groups is 1. The summed E-state index contributed by atoms with van der Waals surface area (Å²) in [5.41, 5.74) is 0.763. The molecule has 1 fully saturated rings. The summed E-state index contributed by atoms with van der Waals surface area (Å²) in [4.78, 5) is 14.5. The van der Waals surface area contributed by atoms with E-state index in [4.69, 9.17) is 9.84 Å². The maximum Gasteiger partial charge on any atom is 0.264 e. The second-order valence-electron chi connectivity index (χ2n) is 5.73. The molecule has 2 heterocycles. The van der Waals surface area contributed by atoms with Gasteiger partial charge >= 0.3 is 0 Å². The van der Waals surface area contributed by atoms with Gasteiger partial charge in [-0.25, -0.2) is 4.39 Å². The Morgan fingerprint density at radius 2 is 2.33 bits per heavy atom. The molecular formula is C16H20FNO3. The fourth-order valence-electron chi connectivity index (χ4n) is 3.31. The molecule has 4 nitrogen and oxygen atoms in total. The Balaban J connectivity index is 1.68. The summed E-state index contributed by atoms with van der Waals surface area (Å²) in [6.45, 7) is 0.878. The Morgan fingerprint density at radius 3 is 3.10 bits per heavy atom. The zero-order valence-electron chi connectivity index (χ0n) is 11.9. The van der Waals surface area contributed by atoms with Gasteiger partial charge in [-0.2, -0.15) is 0 Å². The van der Waals surface area contributed by atoms with Crippen LogP contribution in [0.2, 0.25) is 0 Å². The van der Waals surface area contributed by atoms with Crippen molar-refractivity contribution in [3.63, 3.8) is 0 Å². The number of nitrogens with zero attached hydrogens (tertiary/aromatic N) is 1. The summed E-state index contributed by atoms with van der Waals surface area (Å²) in [6, 6.07) is 4.98. The van der Waals surface area contributed by atoms with Crippen molar-refractivity contribution in [2.45, 2.75) is 44.2 Å². The number of hydrogen-bond donors (Lipinski definition) is 1. The van der Waals surface area contributed by atoms with Crippen molar-refractivity contribution in [2.24, 2.45) is 0 Å². The highest BCUT2D eigenvalue weighted by Gasteiger charge is 2.37. The molecule has 1 saturated heterocycles.